The SMILES string of the molecule is CC[C@H](C)[C@H](N)C(=O)OC(=O)C(F)(F)F. The van der Waals surface area contributed by atoms with Crippen LogP contribution in [0.3, 0.4) is 0 Å². The standard InChI is InChI=1S/C8H12F3NO3/c1-3-4(2)5(12)6(13)15-7(14)8(9,10)11/h4-5H,3,12H2,1-2H3/t4-,5-/m0/s1. The molecule has 2 N–H and O–H groups in total. The lowest BCUT2D eigenvalue weighted by molar-refractivity contribution is -0.202. The molecule has 0 saturated carbocycles. The molecule has 4 nitrogen and oxygen atoms in total. The quantitative estimate of drug-likeness (QED) is 0.576. The fourth-order valence-corrected chi connectivity index (χ4v) is 0.704. The van der Waals surface area contributed by atoms with E-state index < -0.39 is 24.2 Å². The molecule has 0 fully saturated rings. The van der Waals surface area contributed by atoms with Crippen molar-refractivity contribution in [2.45, 2.75) is 32.5 Å². The van der Waals surface area contributed by atoms with Gasteiger partial charge in [-0.15, -0.1) is 0 Å². The molecule has 2 atom stereocenters. The van der Waals surface area contributed by atoms with Crippen LogP contribution >= 0.6 is 0 Å². The Bertz CT molecular complexity index is 252. The molecule has 0 rings (SSSR count). The van der Waals surface area contributed by atoms with Crippen molar-refractivity contribution in [2.75, 3.05) is 0 Å². The fraction of sp³-hybridized carbons (Fsp3) is 0.750. The largest absolute Gasteiger partial charge is 0.491 e. The monoisotopic (exact) mass is 227 g/mol. The van der Waals surface area contributed by atoms with E-state index in [4.69, 9.17) is 5.73 Å². The van der Waals surface area contributed by atoms with Crippen LogP contribution in [0.5, 0.6) is 0 Å². The molecule has 0 aliphatic rings. The minimum atomic E-state index is -5.18. The first-order valence-corrected chi connectivity index (χ1v) is 4.28. The molecule has 7 heteroatoms. The van der Waals surface area contributed by atoms with Crippen molar-refractivity contribution in [1.82, 2.24) is 0 Å². The van der Waals surface area contributed by atoms with Gasteiger partial charge in [-0.1, -0.05) is 20.3 Å². The molecule has 88 valence electrons. The maximum Gasteiger partial charge on any atom is 0.491 e. The van der Waals surface area contributed by atoms with Crippen molar-refractivity contribution < 1.29 is 27.5 Å². The van der Waals surface area contributed by atoms with Crippen molar-refractivity contribution in [3.05, 3.63) is 0 Å². The number of rotatable bonds is 3. The third kappa shape index (κ3) is 4.28. The van der Waals surface area contributed by atoms with Gasteiger partial charge in [0.05, 0.1) is 0 Å². The van der Waals surface area contributed by atoms with Gasteiger partial charge in [-0.2, -0.15) is 13.2 Å². The smallest absolute Gasteiger partial charge is 0.385 e. The van der Waals surface area contributed by atoms with E-state index in [2.05, 4.69) is 4.74 Å². The molecule has 0 unspecified atom stereocenters. The fourth-order valence-electron chi connectivity index (χ4n) is 0.704. The van der Waals surface area contributed by atoms with E-state index in [1.807, 2.05) is 0 Å². The van der Waals surface area contributed by atoms with Gasteiger partial charge < -0.3 is 10.5 Å². The Morgan fingerprint density at radius 2 is 1.87 bits per heavy atom. The van der Waals surface area contributed by atoms with Crippen LogP contribution in [0.15, 0.2) is 0 Å². The number of esters is 2. The predicted octanol–water partition coefficient (Wildman–Crippen LogP) is 0.992. The number of hydrogen-bond acceptors (Lipinski definition) is 4. The molecule has 0 aromatic carbocycles. The molecular weight excluding hydrogens is 215 g/mol. The zero-order chi connectivity index (χ0) is 12.2. The summed E-state index contributed by atoms with van der Waals surface area (Å²) in [5.41, 5.74) is 5.27. The number of halogens is 3. The summed E-state index contributed by atoms with van der Waals surface area (Å²) in [6.07, 6.45) is -4.68. The second kappa shape index (κ2) is 5.11. The van der Waals surface area contributed by atoms with E-state index in [1.165, 1.54) is 0 Å². The summed E-state index contributed by atoms with van der Waals surface area (Å²) in [6, 6.07) is -1.22. The number of carbonyl (C=O) groups is 2. The van der Waals surface area contributed by atoms with Crippen molar-refractivity contribution in [1.29, 1.82) is 0 Å². The molecule has 0 saturated heterocycles. The molecule has 0 spiro atoms. The molecule has 0 aromatic rings. The molecule has 0 radical (unpaired) electrons. The zero-order valence-electron chi connectivity index (χ0n) is 8.30. The number of hydrogen-bond donors (Lipinski definition) is 1. The van der Waals surface area contributed by atoms with Crippen LogP contribution in [0.4, 0.5) is 13.2 Å². The minimum Gasteiger partial charge on any atom is -0.385 e. The lowest BCUT2D eigenvalue weighted by atomic mass is 10.0. The Balaban J connectivity index is 4.32. The first kappa shape index (κ1) is 13.9. The average Bonchev–Trinajstić information content (AvgIpc) is 2.13. The third-order valence-electron chi connectivity index (χ3n) is 1.95. The topological polar surface area (TPSA) is 69.4 Å². The van der Waals surface area contributed by atoms with E-state index in [9.17, 15) is 22.8 Å². The molecule has 0 aliphatic heterocycles. The predicted molar refractivity (Wildman–Crippen MR) is 44.6 cm³/mol. The number of carbonyl (C=O) groups excluding carboxylic acids is 2. The molecule has 0 amide bonds. The van der Waals surface area contributed by atoms with Crippen molar-refractivity contribution in [3.63, 3.8) is 0 Å². The molecule has 15 heavy (non-hydrogen) atoms. The van der Waals surface area contributed by atoms with E-state index >= 15 is 0 Å². The molecule has 0 bridgehead atoms. The molecule has 0 heterocycles. The van der Waals surface area contributed by atoms with Gasteiger partial charge in [0.25, 0.3) is 0 Å². The Kier molecular flexibility index (Phi) is 4.73. The second-order valence-electron chi connectivity index (χ2n) is 3.12. The summed E-state index contributed by atoms with van der Waals surface area (Å²) in [5.74, 6) is -4.24. The first-order valence-electron chi connectivity index (χ1n) is 4.28. The van der Waals surface area contributed by atoms with E-state index in [-0.39, 0.29) is 5.92 Å². The van der Waals surface area contributed by atoms with Gasteiger partial charge in [0, 0.05) is 0 Å². The van der Waals surface area contributed by atoms with Gasteiger partial charge >= 0.3 is 18.1 Å². The highest BCUT2D eigenvalue weighted by molar-refractivity contribution is 5.90. The normalized spacial score (nSPS) is 15.6. The van der Waals surface area contributed by atoms with Crippen LogP contribution in [0, 0.1) is 5.92 Å². The summed E-state index contributed by atoms with van der Waals surface area (Å²) >= 11 is 0. The Morgan fingerprint density at radius 3 is 2.20 bits per heavy atom. The zero-order valence-corrected chi connectivity index (χ0v) is 8.30. The summed E-state index contributed by atoms with van der Waals surface area (Å²) in [6.45, 7) is 3.29. The summed E-state index contributed by atoms with van der Waals surface area (Å²) in [4.78, 5) is 21.2. The van der Waals surface area contributed by atoms with Gasteiger partial charge in [0.2, 0.25) is 0 Å². The molecule has 0 aliphatic carbocycles. The van der Waals surface area contributed by atoms with Gasteiger partial charge in [-0.05, 0) is 5.92 Å². The highest BCUT2D eigenvalue weighted by atomic mass is 19.4. The van der Waals surface area contributed by atoms with Gasteiger partial charge in [-0.25, -0.2) is 9.59 Å². The molecule has 0 aromatic heterocycles. The van der Waals surface area contributed by atoms with Crippen molar-refractivity contribution >= 4 is 11.9 Å². The Morgan fingerprint density at radius 1 is 1.40 bits per heavy atom. The second-order valence-corrected chi connectivity index (χ2v) is 3.12. The van der Waals surface area contributed by atoms with Gasteiger partial charge in [0.15, 0.2) is 0 Å². The van der Waals surface area contributed by atoms with Gasteiger partial charge in [0.1, 0.15) is 6.04 Å². The van der Waals surface area contributed by atoms with E-state index in [1.54, 1.807) is 13.8 Å². The number of nitrogens with two attached hydrogens (primary N) is 1. The van der Waals surface area contributed by atoms with Crippen LogP contribution in [-0.2, 0) is 14.3 Å². The first-order chi connectivity index (χ1) is 6.70. The van der Waals surface area contributed by atoms with E-state index in [0.717, 1.165) is 0 Å². The highest BCUT2D eigenvalue weighted by Crippen LogP contribution is 2.17. The number of ether oxygens (including phenoxy) is 1. The van der Waals surface area contributed by atoms with Crippen molar-refractivity contribution in [2.24, 2.45) is 11.7 Å². The van der Waals surface area contributed by atoms with Crippen LogP contribution in [0.2, 0.25) is 0 Å². The minimum absolute atomic E-state index is 0.349. The summed E-state index contributed by atoms with van der Waals surface area (Å²) < 4.78 is 38.6. The number of alkyl halides is 3. The highest BCUT2D eigenvalue weighted by Gasteiger charge is 2.43. The maximum atomic E-state index is 11.7. The van der Waals surface area contributed by atoms with Crippen LogP contribution in [-0.4, -0.2) is 24.2 Å². The Hall–Kier alpha value is -1.11. The Labute approximate surface area is 84.6 Å². The average molecular weight is 227 g/mol. The van der Waals surface area contributed by atoms with Crippen molar-refractivity contribution in [3.8, 4) is 0 Å². The third-order valence-corrected chi connectivity index (χ3v) is 1.95. The van der Waals surface area contributed by atoms with Crippen LogP contribution < -0.4 is 5.73 Å². The lowest BCUT2D eigenvalue weighted by Gasteiger charge is -2.16. The van der Waals surface area contributed by atoms with Crippen LogP contribution in [0.25, 0.3) is 0 Å². The summed E-state index contributed by atoms with van der Waals surface area (Å²) in [5, 5.41) is 0. The molecular formula is C8H12F3NO3. The summed E-state index contributed by atoms with van der Waals surface area (Å²) in [7, 11) is 0. The lowest BCUT2D eigenvalue weighted by Crippen LogP contribution is -2.41. The van der Waals surface area contributed by atoms with Gasteiger partial charge in [-0.3, -0.25) is 0 Å². The van der Waals surface area contributed by atoms with Crippen LogP contribution in [0.1, 0.15) is 20.3 Å². The maximum absolute atomic E-state index is 11.7. The van der Waals surface area contributed by atoms with E-state index in [0.29, 0.717) is 6.42 Å².